The Kier molecular flexibility index (Phi) is 6.65. The third-order valence-corrected chi connectivity index (χ3v) is 7.68. The van der Waals surface area contributed by atoms with Gasteiger partial charge >= 0.3 is 11.9 Å². The second kappa shape index (κ2) is 9.11. The average Bonchev–Trinajstić information content (AvgIpc) is 3.59. The molecule has 2 heterocycles. The van der Waals surface area contributed by atoms with Gasteiger partial charge in [-0.1, -0.05) is 24.3 Å². The van der Waals surface area contributed by atoms with Crippen molar-refractivity contribution in [3.05, 3.63) is 24.3 Å². The summed E-state index contributed by atoms with van der Waals surface area (Å²) in [5, 5.41) is 0. The second-order valence-corrected chi connectivity index (χ2v) is 9.70. The van der Waals surface area contributed by atoms with Crippen LogP contribution in [-0.4, -0.2) is 53.2 Å². The van der Waals surface area contributed by atoms with E-state index in [2.05, 4.69) is 42.1 Å². The molecule has 8 unspecified atom stereocenters. The summed E-state index contributed by atoms with van der Waals surface area (Å²) in [5.41, 5.74) is 4.95. The van der Waals surface area contributed by atoms with Gasteiger partial charge in [0.2, 0.25) is 11.8 Å². The Bertz CT molecular complexity index is 784. The minimum absolute atomic E-state index is 0.0379. The minimum atomic E-state index is -0.304. The van der Waals surface area contributed by atoms with Crippen molar-refractivity contribution in [3.8, 4) is 0 Å². The largest absolute Gasteiger partial charge is 0.393 e. The minimum Gasteiger partial charge on any atom is -0.393 e. The SMILES string of the molecule is NCCS.O=C1C2C3C=CC(C3)C2C(=O)N1CCS.O=C1OC(=O)C2C3C=CC(C3)C12. The first-order chi connectivity index (χ1) is 14.9. The number of imide groups is 1. The van der Waals surface area contributed by atoms with Crippen molar-refractivity contribution >= 4 is 49.0 Å². The first-order valence-electron chi connectivity index (χ1n) is 10.8. The van der Waals surface area contributed by atoms with E-state index in [-0.39, 0.29) is 59.3 Å². The van der Waals surface area contributed by atoms with Crippen molar-refractivity contribution in [2.75, 3.05) is 24.6 Å². The molecule has 7 nitrogen and oxygen atoms in total. The molecule has 4 aliphatic carbocycles. The van der Waals surface area contributed by atoms with Crippen LogP contribution in [0, 0.1) is 47.3 Å². The molecule has 2 amide bonds. The molecular weight excluding hydrogens is 436 g/mol. The number of likely N-dealkylation sites (tertiary alicyclic amines) is 1. The number of esters is 2. The fourth-order valence-corrected chi connectivity index (χ4v) is 6.18. The third kappa shape index (κ3) is 3.78. The molecule has 2 N–H and O–H groups in total. The number of ether oxygens (including phenoxy) is 1. The van der Waals surface area contributed by atoms with Gasteiger partial charge in [0.1, 0.15) is 0 Å². The summed E-state index contributed by atoms with van der Waals surface area (Å²) < 4.78 is 4.59. The zero-order chi connectivity index (χ0) is 22.3. The van der Waals surface area contributed by atoms with Crippen molar-refractivity contribution < 1.29 is 23.9 Å². The van der Waals surface area contributed by atoms with E-state index in [9.17, 15) is 19.2 Å². The van der Waals surface area contributed by atoms with Gasteiger partial charge in [0.25, 0.3) is 0 Å². The number of cyclic esters (lactones) is 2. The van der Waals surface area contributed by atoms with Gasteiger partial charge in [0.05, 0.1) is 23.7 Å². The molecule has 9 heteroatoms. The summed E-state index contributed by atoms with van der Waals surface area (Å²) >= 11 is 7.88. The van der Waals surface area contributed by atoms with E-state index in [4.69, 9.17) is 5.73 Å². The van der Waals surface area contributed by atoms with Gasteiger partial charge in [-0.05, 0) is 36.5 Å². The van der Waals surface area contributed by atoms with Crippen LogP contribution in [0.2, 0.25) is 0 Å². The highest BCUT2D eigenvalue weighted by molar-refractivity contribution is 7.80. The van der Waals surface area contributed by atoms with E-state index in [1.54, 1.807) is 0 Å². The predicted molar refractivity (Wildman–Crippen MR) is 120 cm³/mol. The Morgan fingerprint density at radius 3 is 1.52 bits per heavy atom. The number of allylic oxidation sites excluding steroid dienone is 4. The number of rotatable bonds is 3. The lowest BCUT2D eigenvalue weighted by molar-refractivity contribution is -0.154. The maximum absolute atomic E-state index is 12.0. The topological polar surface area (TPSA) is 107 Å². The lowest BCUT2D eigenvalue weighted by Crippen LogP contribution is -2.34. The number of nitrogens with two attached hydrogens (primary N) is 1. The Balaban J connectivity index is 0.000000130. The standard InChI is InChI=1S/C11H13NO2S.C9H8O3.C2H7NS/c13-10-8-6-1-2-7(5-6)9(8)11(14)12(10)3-4-15;10-8-6-4-1-2-5(3-4)7(6)9(11)12-8;3-1-2-4/h1-2,6-9,15H,3-5H2;1-2,4-7H,3H2;4H,1-3H2. The van der Waals surface area contributed by atoms with E-state index in [0.717, 1.165) is 18.6 Å². The van der Waals surface area contributed by atoms with E-state index in [0.29, 0.717) is 30.7 Å². The maximum atomic E-state index is 12.0. The Hall–Kier alpha value is -1.58. The fraction of sp³-hybridized carbons (Fsp3) is 0.636. The average molecular weight is 465 g/mol. The number of amides is 2. The van der Waals surface area contributed by atoms with Crippen molar-refractivity contribution in [1.82, 2.24) is 4.90 Å². The number of fused-ring (bicyclic) bond motifs is 10. The molecule has 0 aromatic heterocycles. The highest BCUT2D eigenvalue weighted by Gasteiger charge is 2.59. The molecule has 0 aromatic carbocycles. The summed E-state index contributed by atoms with van der Waals surface area (Å²) in [5.74, 6) is 1.62. The fourth-order valence-electron chi connectivity index (χ4n) is 5.98. The Morgan fingerprint density at radius 2 is 1.16 bits per heavy atom. The van der Waals surface area contributed by atoms with Gasteiger partial charge in [-0.15, -0.1) is 0 Å². The monoisotopic (exact) mass is 464 g/mol. The van der Waals surface area contributed by atoms with Gasteiger partial charge in [0, 0.05) is 24.6 Å². The predicted octanol–water partition coefficient (Wildman–Crippen LogP) is 1.11. The molecule has 2 saturated carbocycles. The quantitative estimate of drug-likeness (QED) is 0.190. The van der Waals surface area contributed by atoms with Crippen molar-refractivity contribution in [1.29, 1.82) is 0 Å². The van der Waals surface area contributed by atoms with Gasteiger partial charge in [0.15, 0.2) is 0 Å². The molecule has 8 atom stereocenters. The van der Waals surface area contributed by atoms with Crippen molar-refractivity contribution in [2.24, 2.45) is 53.1 Å². The van der Waals surface area contributed by atoms with Crippen molar-refractivity contribution in [3.63, 3.8) is 0 Å². The molecule has 0 radical (unpaired) electrons. The van der Waals surface area contributed by atoms with Crippen LogP contribution >= 0.6 is 25.3 Å². The van der Waals surface area contributed by atoms with E-state index >= 15 is 0 Å². The summed E-state index contributed by atoms with van der Waals surface area (Å²) in [6.07, 6.45) is 10.3. The highest BCUT2D eigenvalue weighted by Crippen LogP contribution is 2.53. The van der Waals surface area contributed by atoms with Crippen LogP contribution in [0.15, 0.2) is 24.3 Å². The molecule has 6 rings (SSSR count). The first-order valence-corrected chi connectivity index (χ1v) is 12.1. The number of hydrogen-bond donors (Lipinski definition) is 3. The molecule has 168 valence electrons. The molecule has 2 saturated heterocycles. The molecule has 2 aliphatic heterocycles. The summed E-state index contributed by atoms with van der Waals surface area (Å²) in [7, 11) is 0. The van der Waals surface area contributed by atoms with Crippen LogP contribution in [-0.2, 0) is 23.9 Å². The van der Waals surface area contributed by atoms with Crippen LogP contribution in [0.3, 0.4) is 0 Å². The van der Waals surface area contributed by atoms with Gasteiger partial charge in [-0.3, -0.25) is 24.1 Å². The second-order valence-electron chi connectivity index (χ2n) is 8.80. The first kappa shape index (κ1) is 22.6. The highest BCUT2D eigenvalue weighted by atomic mass is 32.1. The molecule has 4 fully saturated rings. The van der Waals surface area contributed by atoms with E-state index < -0.39 is 0 Å². The lowest BCUT2D eigenvalue weighted by Gasteiger charge is -2.15. The van der Waals surface area contributed by atoms with Gasteiger partial charge < -0.3 is 10.5 Å². The molecule has 6 aliphatic rings. The smallest absolute Gasteiger partial charge is 0.318 e. The summed E-state index contributed by atoms with van der Waals surface area (Å²) in [4.78, 5) is 47.8. The maximum Gasteiger partial charge on any atom is 0.318 e. The van der Waals surface area contributed by atoms with Crippen LogP contribution in [0.1, 0.15) is 12.8 Å². The number of hydrogen-bond acceptors (Lipinski definition) is 8. The number of nitrogens with zero attached hydrogens (tertiary/aromatic N) is 1. The molecule has 4 bridgehead atoms. The molecule has 0 spiro atoms. The van der Waals surface area contributed by atoms with Crippen LogP contribution in [0.25, 0.3) is 0 Å². The van der Waals surface area contributed by atoms with Crippen molar-refractivity contribution in [2.45, 2.75) is 12.8 Å². The lowest BCUT2D eigenvalue weighted by atomic mass is 9.85. The third-order valence-electron chi connectivity index (χ3n) is 7.22. The zero-order valence-electron chi connectivity index (χ0n) is 17.1. The summed E-state index contributed by atoms with van der Waals surface area (Å²) in [6.45, 7) is 1.15. The normalized spacial score (nSPS) is 39.9. The van der Waals surface area contributed by atoms with Gasteiger partial charge in [-0.2, -0.15) is 25.3 Å². The summed E-state index contributed by atoms with van der Waals surface area (Å²) in [6, 6.07) is 0. The van der Waals surface area contributed by atoms with E-state index in [1.807, 2.05) is 12.2 Å². The number of thiol groups is 2. The molecule has 0 aromatic rings. The molecule has 31 heavy (non-hydrogen) atoms. The van der Waals surface area contributed by atoms with Crippen LogP contribution < -0.4 is 5.73 Å². The zero-order valence-corrected chi connectivity index (χ0v) is 18.9. The number of carbonyl (C=O) groups excluding carboxylic acids is 4. The Morgan fingerprint density at radius 1 is 0.774 bits per heavy atom. The van der Waals surface area contributed by atoms with Gasteiger partial charge in [-0.25, -0.2) is 0 Å². The van der Waals surface area contributed by atoms with Crippen LogP contribution in [0.4, 0.5) is 0 Å². The number of carbonyl (C=O) groups is 4. The van der Waals surface area contributed by atoms with E-state index in [1.165, 1.54) is 4.90 Å². The van der Waals surface area contributed by atoms with Crippen LogP contribution in [0.5, 0.6) is 0 Å². The Labute approximate surface area is 192 Å². The molecular formula is C22H28N2O5S2.